The number of rotatable bonds is 1. The predicted octanol–water partition coefficient (Wildman–Crippen LogP) is 2.65. The zero-order chi connectivity index (χ0) is 11.5. The summed E-state index contributed by atoms with van der Waals surface area (Å²) in [5, 5.41) is 9.68. The highest BCUT2D eigenvalue weighted by molar-refractivity contribution is 5.42. The molecular formula is C13H15FO. The van der Waals surface area contributed by atoms with E-state index in [1.54, 1.807) is 13.0 Å². The largest absolute Gasteiger partial charge is 0.378 e. The molecule has 0 spiro atoms. The van der Waals surface area contributed by atoms with Gasteiger partial charge in [0.1, 0.15) is 11.4 Å². The molecule has 0 heterocycles. The average Bonchev–Trinajstić information content (AvgIpc) is 2.20. The molecule has 0 fully saturated rings. The summed E-state index contributed by atoms with van der Waals surface area (Å²) in [7, 11) is 0. The summed E-state index contributed by atoms with van der Waals surface area (Å²) in [5.41, 5.74) is 0.540. The fourth-order valence-corrected chi connectivity index (χ4v) is 1.02. The van der Waals surface area contributed by atoms with Crippen LogP contribution in [0.4, 0.5) is 4.39 Å². The normalized spacial score (nSPS) is 13.9. The zero-order valence-electron chi connectivity index (χ0n) is 9.26. The maximum Gasteiger partial charge on any atom is 0.124 e. The molecular weight excluding hydrogens is 191 g/mol. The molecule has 0 radical (unpaired) electrons. The molecule has 0 aromatic heterocycles. The molecule has 0 aliphatic rings. The van der Waals surface area contributed by atoms with Crippen LogP contribution >= 0.6 is 0 Å². The van der Waals surface area contributed by atoms with Crippen molar-refractivity contribution in [2.75, 3.05) is 0 Å². The minimum Gasteiger partial charge on any atom is -0.378 e. The van der Waals surface area contributed by atoms with Crippen molar-refractivity contribution in [2.24, 2.45) is 0 Å². The first-order valence-corrected chi connectivity index (χ1v) is 4.96. The number of halogens is 1. The first kappa shape index (κ1) is 11.7. The fourth-order valence-electron chi connectivity index (χ4n) is 1.02. The summed E-state index contributed by atoms with van der Waals surface area (Å²) in [6.07, 6.45) is 0.550. The van der Waals surface area contributed by atoms with Crippen molar-refractivity contribution in [2.45, 2.75) is 32.8 Å². The SMILES string of the molecule is CCC(C)(O)C#Cc1cc(F)ccc1C. The lowest BCUT2D eigenvalue weighted by Gasteiger charge is -2.12. The molecule has 1 nitrogen and oxygen atoms in total. The van der Waals surface area contributed by atoms with Gasteiger partial charge in [-0.1, -0.05) is 24.8 Å². The van der Waals surface area contributed by atoms with Crippen molar-refractivity contribution in [3.8, 4) is 11.8 Å². The maximum absolute atomic E-state index is 12.9. The van der Waals surface area contributed by atoms with Crippen molar-refractivity contribution in [1.29, 1.82) is 0 Å². The summed E-state index contributed by atoms with van der Waals surface area (Å²) in [4.78, 5) is 0. The Hall–Kier alpha value is -1.33. The summed E-state index contributed by atoms with van der Waals surface area (Å²) in [5.74, 6) is 5.23. The van der Waals surface area contributed by atoms with E-state index in [-0.39, 0.29) is 5.82 Å². The Morgan fingerprint density at radius 3 is 2.73 bits per heavy atom. The van der Waals surface area contributed by atoms with Gasteiger partial charge in [-0.2, -0.15) is 0 Å². The Bertz CT molecular complexity index is 410. The molecule has 1 aromatic rings. The summed E-state index contributed by atoms with van der Waals surface area (Å²) >= 11 is 0. The van der Waals surface area contributed by atoms with E-state index in [2.05, 4.69) is 11.8 Å². The second-order valence-electron chi connectivity index (χ2n) is 3.84. The van der Waals surface area contributed by atoms with Crippen molar-refractivity contribution >= 4 is 0 Å². The minimum absolute atomic E-state index is 0.305. The first-order valence-electron chi connectivity index (χ1n) is 4.96. The van der Waals surface area contributed by atoms with E-state index in [0.29, 0.717) is 12.0 Å². The third-order valence-electron chi connectivity index (χ3n) is 2.35. The van der Waals surface area contributed by atoms with Gasteiger partial charge >= 0.3 is 0 Å². The molecule has 0 aliphatic carbocycles. The van der Waals surface area contributed by atoms with Crippen LogP contribution in [0.15, 0.2) is 18.2 Å². The Kier molecular flexibility index (Phi) is 3.49. The van der Waals surface area contributed by atoms with E-state index in [1.165, 1.54) is 12.1 Å². The average molecular weight is 206 g/mol. The highest BCUT2D eigenvalue weighted by Crippen LogP contribution is 2.11. The van der Waals surface area contributed by atoms with Gasteiger partial charge in [0.05, 0.1) is 0 Å². The van der Waals surface area contributed by atoms with Crippen molar-refractivity contribution < 1.29 is 9.50 Å². The second-order valence-corrected chi connectivity index (χ2v) is 3.84. The third kappa shape index (κ3) is 3.38. The summed E-state index contributed by atoms with van der Waals surface area (Å²) in [6.45, 7) is 5.37. The Labute approximate surface area is 89.9 Å². The molecule has 80 valence electrons. The van der Waals surface area contributed by atoms with Crippen LogP contribution in [0.1, 0.15) is 31.4 Å². The van der Waals surface area contributed by atoms with Crippen LogP contribution in [0.25, 0.3) is 0 Å². The van der Waals surface area contributed by atoms with Crippen molar-refractivity contribution in [3.05, 3.63) is 35.1 Å². The van der Waals surface area contributed by atoms with Gasteiger partial charge in [0.2, 0.25) is 0 Å². The molecule has 1 atom stereocenters. The van der Waals surface area contributed by atoms with Crippen LogP contribution < -0.4 is 0 Å². The lowest BCUT2D eigenvalue weighted by atomic mass is 10.0. The summed E-state index contributed by atoms with van der Waals surface area (Å²) in [6, 6.07) is 4.46. The molecule has 1 unspecified atom stereocenters. The molecule has 0 amide bonds. The Morgan fingerprint density at radius 2 is 2.13 bits per heavy atom. The monoisotopic (exact) mass is 206 g/mol. The molecule has 0 bridgehead atoms. The third-order valence-corrected chi connectivity index (χ3v) is 2.35. The first-order chi connectivity index (χ1) is 6.94. The highest BCUT2D eigenvalue weighted by atomic mass is 19.1. The topological polar surface area (TPSA) is 20.2 Å². The zero-order valence-corrected chi connectivity index (χ0v) is 9.26. The van der Waals surface area contributed by atoms with Crippen LogP contribution in [-0.2, 0) is 0 Å². The number of hydrogen-bond acceptors (Lipinski definition) is 1. The van der Waals surface area contributed by atoms with Crippen molar-refractivity contribution in [3.63, 3.8) is 0 Å². The minimum atomic E-state index is -1.00. The van der Waals surface area contributed by atoms with E-state index in [0.717, 1.165) is 5.56 Å². The molecule has 1 rings (SSSR count). The number of hydrogen-bond donors (Lipinski definition) is 1. The van der Waals surface area contributed by atoms with E-state index in [1.807, 2.05) is 13.8 Å². The molecule has 1 N–H and O–H groups in total. The lowest BCUT2D eigenvalue weighted by molar-refractivity contribution is 0.118. The van der Waals surface area contributed by atoms with E-state index in [9.17, 15) is 9.50 Å². The molecule has 2 heteroatoms. The number of benzene rings is 1. The van der Waals surface area contributed by atoms with Gasteiger partial charge in [0.15, 0.2) is 0 Å². The van der Waals surface area contributed by atoms with Gasteiger partial charge in [0, 0.05) is 5.56 Å². The van der Waals surface area contributed by atoms with Gasteiger partial charge in [-0.05, 0) is 38.0 Å². The van der Waals surface area contributed by atoms with E-state index >= 15 is 0 Å². The lowest BCUT2D eigenvalue weighted by Crippen LogP contribution is -2.19. The number of aliphatic hydroxyl groups is 1. The Balaban J connectivity index is 3.03. The van der Waals surface area contributed by atoms with Crippen molar-refractivity contribution in [1.82, 2.24) is 0 Å². The molecule has 15 heavy (non-hydrogen) atoms. The number of aryl methyl sites for hydroxylation is 1. The van der Waals surface area contributed by atoms with E-state index in [4.69, 9.17) is 0 Å². The molecule has 0 aliphatic heterocycles. The van der Waals surface area contributed by atoms with Crippen LogP contribution in [0, 0.1) is 24.6 Å². The standard InChI is InChI=1S/C13H15FO/c1-4-13(3,15)8-7-11-9-12(14)6-5-10(11)2/h5-6,9,15H,4H2,1-3H3. The fraction of sp³-hybridized carbons (Fsp3) is 0.385. The quantitative estimate of drug-likeness (QED) is 0.700. The van der Waals surface area contributed by atoms with Crippen LogP contribution in [0.2, 0.25) is 0 Å². The molecule has 0 saturated heterocycles. The van der Waals surface area contributed by atoms with Gasteiger partial charge in [-0.3, -0.25) is 0 Å². The van der Waals surface area contributed by atoms with Gasteiger partial charge in [0.25, 0.3) is 0 Å². The van der Waals surface area contributed by atoms with E-state index < -0.39 is 5.60 Å². The molecule has 0 saturated carbocycles. The summed E-state index contributed by atoms with van der Waals surface area (Å²) < 4.78 is 12.9. The van der Waals surface area contributed by atoms with Gasteiger partial charge in [-0.25, -0.2) is 4.39 Å². The Morgan fingerprint density at radius 1 is 1.47 bits per heavy atom. The predicted molar refractivity (Wildman–Crippen MR) is 58.9 cm³/mol. The highest BCUT2D eigenvalue weighted by Gasteiger charge is 2.12. The van der Waals surface area contributed by atoms with Crippen LogP contribution in [-0.4, -0.2) is 10.7 Å². The van der Waals surface area contributed by atoms with Crippen LogP contribution in [0.3, 0.4) is 0 Å². The van der Waals surface area contributed by atoms with Gasteiger partial charge in [-0.15, -0.1) is 0 Å². The molecule has 1 aromatic carbocycles. The van der Waals surface area contributed by atoms with Crippen LogP contribution in [0.5, 0.6) is 0 Å². The maximum atomic E-state index is 12.9. The van der Waals surface area contributed by atoms with Gasteiger partial charge < -0.3 is 5.11 Å². The smallest absolute Gasteiger partial charge is 0.124 e. The second kappa shape index (κ2) is 4.46.